The van der Waals surface area contributed by atoms with Crippen LogP contribution in [0.15, 0.2) is 108 Å². The second-order valence-electron chi connectivity index (χ2n) is 13.8. The Bertz CT molecular complexity index is 1780. The second-order valence-corrected chi connectivity index (χ2v) is 13.8. The van der Waals surface area contributed by atoms with Gasteiger partial charge < -0.3 is 30.1 Å². The maximum Gasteiger partial charge on any atom is 0.161 e. The number of fused-ring (bicyclic) bond motifs is 1. The van der Waals surface area contributed by atoms with Crippen LogP contribution in [0.5, 0.6) is 17.2 Å². The zero-order valence-corrected chi connectivity index (χ0v) is 30.0. The number of phenols is 1. The number of Topliss-reactive ketones (excluding diaryl/α,β-unsaturated/α-hetero) is 1. The molecule has 7 heteroatoms. The van der Waals surface area contributed by atoms with Gasteiger partial charge in [0.2, 0.25) is 0 Å². The van der Waals surface area contributed by atoms with Crippen LogP contribution in [0.3, 0.4) is 0 Å². The molecule has 0 saturated heterocycles. The van der Waals surface area contributed by atoms with Crippen LogP contribution in [-0.4, -0.2) is 47.4 Å². The van der Waals surface area contributed by atoms with Gasteiger partial charge in [0, 0.05) is 25.0 Å². The topological polar surface area (TPSA) is 108 Å². The number of hydrogen-bond acceptors (Lipinski definition) is 7. The summed E-state index contributed by atoms with van der Waals surface area (Å²) in [5, 5.41) is 37.1. The van der Waals surface area contributed by atoms with E-state index in [2.05, 4.69) is 42.6 Å². The van der Waals surface area contributed by atoms with E-state index in [-0.39, 0.29) is 35.5 Å². The van der Waals surface area contributed by atoms with Crippen LogP contribution in [0, 0.1) is 11.8 Å². The summed E-state index contributed by atoms with van der Waals surface area (Å²) < 4.78 is 11.7. The van der Waals surface area contributed by atoms with Gasteiger partial charge in [0.15, 0.2) is 11.5 Å². The fraction of sp³-hybridized carbons (Fsp3) is 0.386. The van der Waals surface area contributed by atoms with Crippen molar-refractivity contribution in [2.45, 2.75) is 77.4 Å². The van der Waals surface area contributed by atoms with E-state index in [1.165, 1.54) is 5.56 Å². The number of unbranched alkanes of at least 4 members (excludes halogenated alkanes) is 1. The number of ketones is 1. The summed E-state index contributed by atoms with van der Waals surface area (Å²) in [6.45, 7) is 3.98. The number of aliphatic hydroxyl groups is 2. The molecule has 4 aromatic carbocycles. The number of nitrogens with one attached hydrogen (secondary N) is 1. The van der Waals surface area contributed by atoms with Gasteiger partial charge in [-0.2, -0.15) is 0 Å². The maximum atomic E-state index is 13.1. The molecule has 0 unspecified atom stereocenters. The molecule has 4 N–H and O–H groups in total. The molecule has 0 spiro atoms. The number of carbonyl (C=O) groups excluding carboxylic acids is 1. The van der Waals surface area contributed by atoms with Crippen LogP contribution in [0.25, 0.3) is 10.8 Å². The fourth-order valence-corrected chi connectivity index (χ4v) is 6.91. The molecule has 1 aliphatic carbocycles. The molecular formula is C44H53NO6. The molecule has 3 atom stereocenters. The van der Waals surface area contributed by atoms with E-state index in [1.54, 1.807) is 19.2 Å². The molecule has 0 bridgehead atoms. The molecule has 5 rings (SSSR count). The van der Waals surface area contributed by atoms with Gasteiger partial charge in [-0.1, -0.05) is 74.0 Å². The normalized spacial score (nSPS) is 16.4. The third-order valence-electron chi connectivity index (χ3n) is 9.71. The first-order chi connectivity index (χ1) is 24.8. The quantitative estimate of drug-likeness (QED) is 0.0686. The second kappa shape index (κ2) is 19.1. The standard InChI is InChI=1S/C44H53NO6/c1-3-21-45-29-38-24-34(12-8-7-11-31-9-5-4-6-10-31)37(27-42(38)49)26-41(48)28-40(47)18-14-32-15-20-43(50-2)44(23-32)51-30-33-13-16-36-25-39(46)19-17-35(36)22-33/h4-6,9-10,13,15-17,19-20,22-25,27,34,37,41,45-46,48-49H,3,7-8,11-12,14,18,21,26,28-30H2,1-2H3/t34-,37+,41+/m1/s1. The van der Waals surface area contributed by atoms with Crippen LogP contribution in [-0.2, 0) is 24.2 Å². The largest absolute Gasteiger partial charge is 0.508 e. The van der Waals surface area contributed by atoms with Crippen LogP contribution in [0.4, 0.5) is 0 Å². The molecule has 0 heterocycles. The van der Waals surface area contributed by atoms with Crippen LogP contribution >= 0.6 is 0 Å². The Balaban J connectivity index is 1.13. The number of allylic oxidation sites excluding steroid dienone is 2. The molecule has 270 valence electrons. The zero-order valence-electron chi connectivity index (χ0n) is 30.0. The van der Waals surface area contributed by atoms with Gasteiger partial charge in [-0.05, 0) is 121 Å². The van der Waals surface area contributed by atoms with Crippen molar-refractivity contribution in [2.24, 2.45) is 11.8 Å². The number of ether oxygens (including phenoxy) is 2. The lowest BCUT2D eigenvalue weighted by Gasteiger charge is -2.29. The van der Waals surface area contributed by atoms with E-state index < -0.39 is 6.10 Å². The average molecular weight is 692 g/mol. The van der Waals surface area contributed by atoms with Gasteiger partial charge in [0.05, 0.1) is 13.2 Å². The van der Waals surface area contributed by atoms with E-state index in [0.717, 1.165) is 66.1 Å². The molecule has 4 aromatic rings. The average Bonchev–Trinajstić information content (AvgIpc) is 3.13. The number of aliphatic hydroxyl groups excluding tert-OH is 2. The molecule has 0 amide bonds. The highest BCUT2D eigenvalue weighted by Gasteiger charge is 2.27. The zero-order chi connectivity index (χ0) is 36.0. The van der Waals surface area contributed by atoms with Crippen molar-refractivity contribution < 1.29 is 29.6 Å². The highest BCUT2D eigenvalue weighted by atomic mass is 16.5. The van der Waals surface area contributed by atoms with Gasteiger partial charge in [-0.15, -0.1) is 0 Å². The van der Waals surface area contributed by atoms with Crippen molar-refractivity contribution in [2.75, 3.05) is 20.2 Å². The third-order valence-corrected chi connectivity index (χ3v) is 9.71. The highest BCUT2D eigenvalue weighted by Crippen LogP contribution is 2.34. The summed E-state index contributed by atoms with van der Waals surface area (Å²) in [7, 11) is 1.60. The third kappa shape index (κ3) is 11.5. The number of aryl methyl sites for hydroxylation is 2. The highest BCUT2D eigenvalue weighted by molar-refractivity contribution is 5.84. The first-order valence-corrected chi connectivity index (χ1v) is 18.4. The van der Waals surface area contributed by atoms with E-state index in [4.69, 9.17) is 9.47 Å². The fourth-order valence-electron chi connectivity index (χ4n) is 6.91. The Labute approximate surface area is 302 Å². The molecule has 51 heavy (non-hydrogen) atoms. The van der Waals surface area contributed by atoms with Gasteiger partial charge in [0.25, 0.3) is 0 Å². The minimum atomic E-state index is -0.785. The molecule has 7 nitrogen and oxygen atoms in total. The predicted molar refractivity (Wildman–Crippen MR) is 204 cm³/mol. The van der Waals surface area contributed by atoms with E-state index >= 15 is 0 Å². The number of benzene rings is 4. The number of methoxy groups -OCH3 is 1. The van der Waals surface area contributed by atoms with Crippen molar-refractivity contribution in [3.63, 3.8) is 0 Å². The number of rotatable bonds is 20. The number of carbonyl (C=O) groups is 1. The SMILES string of the molecule is CCCNCC1=C[C@@H](CCCCc2ccccc2)[C@@H](C[C@H](O)CC(=O)CCc2ccc(OC)c(OCc3ccc4cc(O)ccc4c3)c2)C=C1O. The molecule has 0 aliphatic heterocycles. The Kier molecular flexibility index (Phi) is 14.1. The summed E-state index contributed by atoms with van der Waals surface area (Å²) in [5.41, 5.74) is 4.19. The molecule has 1 aliphatic rings. The van der Waals surface area contributed by atoms with E-state index in [1.807, 2.05) is 54.6 Å². The predicted octanol–water partition coefficient (Wildman–Crippen LogP) is 8.80. The smallest absolute Gasteiger partial charge is 0.161 e. The molecule has 0 saturated carbocycles. The summed E-state index contributed by atoms with van der Waals surface area (Å²) >= 11 is 0. The number of hydrogen-bond donors (Lipinski definition) is 4. The first-order valence-electron chi connectivity index (χ1n) is 18.4. The first kappa shape index (κ1) is 37.7. The summed E-state index contributed by atoms with van der Waals surface area (Å²) in [5.74, 6) is 1.90. The van der Waals surface area contributed by atoms with Gasteiger partial charge >= 0.3 is 0 Å². The Morgan fingerprint density at radius 3 is 2.41 bits per heavy atom. The summed E-state index contributed by atoms with van der Waals surface area (Å²) in [6.07, 6.45) is 9.80. The molecule has 0 fully saturated rings. The summed E-state index contributed by atoms with van der Waals surface area (Å²) in [6, 6.07) is 27.5. The maximum absolute atomic E-state index is 13.1. The van der Waals surface area contributed by atoms with Crippen LogP contribution in [0.2, 0.25) is 0 Å². The lowest BCUT2D eigenvalue weighted by Crippen LogP contribution is -2.26. The van der Waals surface area contributed by atoms with Gasteiger partial charge in [-0.25, -0.2) is 0 Å². The summed E-state index contributed by atoms with van der Waals surface area (Å²) in [4.78, 5) is 13.1. The lowest BCUT2D eigenvalue weighted by atomic mass is 9.78. The number of aromatic hydroxyl groups is 1. The van der Waals surface area contributed by atoms with E-state index in [0.29, 0.717) is 43.9 Å². The molecular weight excluding hydrogens is 638 g/mol. The van der Waals surface area contributed by atoms with Gasteiger partial charge in [0.1, 0.15) is 23.9 Å². The minimum Gasteiger partial charge on any atom is -0.508 e. The monoisotopic (exact) mass is 691 g/mol. The van der Waals surface area contributed by atoms with Gasteiger partial charge in [-0.3, -0.25) is 4.79 Å². The Hall–Kier alpha value is -4.59. The Morgan fingerprint density at radius 2 is 1.61 bits per heavy atom. The van der Waals surface area contributed by atoms with Crippen molar-refractivity contribution in [1.82, 2.24) is 5.32 Å². The van der Waals surface area contributed by atoms with E-state index in [9.17, 15) is 20.1 Å². The van der Waals surface area contributed by atoms with Crippen molar-refractivity contribution >= 4 is 16.6 Å². The molecule has 0 aromatic heterocycles. The van der Waals surface area contributed by atoms with Crippen molar-refractivity contribution in [3.8, 4) is 17.2 Å². The number of phenolic OH excluding ortho intramolecular Hbond substituents is 1. The van der Waals surface area contributed by atoms with Crippen LogP contribution in [0.1, 0.15) is 68.6 Å². The Morgan fingerprint density at radius 1 is 0.824 bits per heavy atom. The molecule has 0 radical (unpaired) electrons. The lowest BCUT2D eigenvalue weighted by molar-refractivity contribution is -0.121. The van der Waals surface area contributed by atoms with Crippen molar-refractivity contribution in [3.05, 3.63) is 125 Å². The minimum absolute atomic E-state index is 0.00593. The van der Waals surface area contributed by atoms with Crippen molar-refractivity contribution in [1.29, 1.82) is 0 Å². The van der Waals surface area contributed by atoms with Crippen LogP contribution < -0.4 is 14.8 Å².